The van der Waals surface area contributed by atoms with E-state index in [4.69, 9.17) is 0 Å². The fraction of sp³-hybridized carbons (Fsp3) is 0.222. The first-order valence-corrected chi connectivity index (χ1v) is 7.88. The Morgan fingerprint density at radius 3 is 2.52 bits per heavy atom. The van der Waals surface area contributed by atoms with Crippen molar-refractivity contribution in [2.75, 3.05) is 5.32 Å². The van der Waals surface area contributed by atoms with Crippen LogP contribution in [0.3, 0.4) is 0 Å². The van der Waals surface area contributed by atoms with Crippen molar-refractivity contribution in [3.63, 3.8) is 0 Å². The first-order chi connectivity index (χ1) is 12.0. The number of nitrogens with zero attached hydrogens (tertiary/aromatic N) is 3. The maximum Gasteiger partial charge on any atom is 0.278 e. The summed E-state index contributed by atoms with van der Waals surface area (Å²) in [6.45, 7) is 3.57. The number of carbonyl (C=O) groups is 1. The molecule has 128 valence electrons. The number of anilines is 1. The molecule has 1 N–H and O–H groups in total. The molecular formula is C18H17FN4O2. The second-order valence-corrected chi connectivity index (χ2v) is 6.01. The Bertz CT molecular complexity index is 984. The Kier molecular flexibility index (Phi) is 4.56. The van der Waals surface area contributed by atoms with Gasteiger partial charge in [0.1, 0.15) is 17.4 Å². The standard InChI is InChI=1S/C18H17FN4O2/c1-11(2)16(17(24)20-15-10-6-4-8-13(15)19)23-18(25)12-7-3-5-9-14(12)21-22-23/h3-11,16H,1-2H3,(H,20,24). The zero-order valence-corrected chi connectivity index (χ0v) is 13.8. The van der Waals surface area contributed by atoms with Gasteiger partial charge >= 0.3 is 0 Å². The van der Waals surface area contributed by atoms with Crippen LogP contribution in [0.1, 0.15) is 19.9 Å². The topological polar surface area (TPSA) is 76.9 Å². The Morgan fingerprint density at radius 2 is 1.80 bits per heavy atom. The molecule has 0 saturated carbocycles. The van der Waals surface area contributed by atoms with E-state index < -0.39 is 23.3 Å². The molecule has 3 rings (SSSR count). The predicted molar refractivity (Wildman–Crippen MR) is 92.7 cm³/mol. The number of hydrogen-bond donors (Lipinski definition) is 1. The van der Waals surface area contributed by atoms with Gasteiger partial charge in [-0.15, -0.1) is 5.10 Å². The monoisotopic (exact) mass is 340 g/mol. The van der Waals surface area contributed by atoms with Gasteiger partial charge in [-0.2, -0.15) is 4.68 Å². The van der Waals surface area contributed by atoms with Crippen LogP contribution in [0.25, 0.3) is 10.9 Å². The SMILES string of the molecule is CC(C)C(C(=O)Nc1ccccc1F)n1nnc2ccccc2c1=O. The van der Waals surface area contributed by atoms with E-state index in [1.165, 1.54) is 18.2 Å². The number of para-hydroxylation sites is 1. The van der Waals surface area contributed by atoms with Gasteiger partial charge in [0, 0.05) is 0 Å². The number of fused-ring (bicyclic) bond motifs is 1. The molecule has 2 aromatic carbocycles. The molecule has 1 amide bonds. The number of hydrogen-bond acceptors (Lipinski definition) is 4. The number of aromatic nitrogens is 3. The number of carbonyl (C=O) groups excluding carboxylic acids is 1. The fourth-order valence-corrected chi connectivity index (χ4v) is 2.65. The number of rotatable bonds is 4. The highest BCUT2D eigenvalue weighted by atomic mass is 19.1. The largest absolute Gasteiger partial charge is 0.322 e. The molecule has 0 spiro atoms. The lowest BCUT2D eigenvalue weighted by Crippen LogP contribution is -2.38. The molecule has 1 heterocycles. The van der Waals surface area contributed by atoms with Crippen molar-refractivity contribution in [1.29, 1.82) is 0 Å². The van der Waals surface area contributed by atoms with Gasteiger partial charge in [0.2, 0.25) is 5.91 Å². The van der Waals surface area contributed by atoms with Gasteiger partial charge in [0.05, 0.1) is 11.1 Å². The molecule has 0 aliphatic carbocycles. The molecule has 1 unspecified atom stereocenters. The van der Waals surface area contributed by atoms with Crippen LogP contribution in [-0.4, -0.2) is 20.9 Å². The van der Waals surface area contributed by atoms with Crippen LogP contribution in [0, 0.1) is 11.7 Å². The lowest BCUT2D eigenvalue weighted by atomic mass is 10.0. The van der Waals surface area contributed by atoms with Crippen molar-refractivity contribution in [3.8, 4) is 0 Å². The molecule has 0 saturated heterocycles. The van der Waals surface area contributed by atoms with E-state index in [2.05, 4.69) is 15.6 Å². The summed E-state index contributed by atoms with van der Waals surface area (Å²) in [5.41, 5.74) is 0.105. The normalized spacial score (nSPS) is 12.3. The number of benzene rings is 2. The Balaban J connectivity index is 2.02. The number of halogens is 1. The second-order valence-electron chi connectivity index (χ2n) is 6.01. The molecule has 0 aliphatic heterocycles. The van der Waals surface area contributed by atoms with Gasteiger partial charge in [-0.25, -0.2) is 4.39 Å². The minimum atomic E-state index is -0.913. The molecule has 0 bridgehead atoms. The highest BCUT2D eigenvalue weighted by Crippen LogP contribution is 2.20. The minimum Gasteiger partial charge on any atom is -0.322 e. The Hall–Kier alpha value is -3.09. The quantitative estimate of drug-likeness (QED) is 0.792. The summed E-state index contributed by atoms with van der Waals surface area (Å²) in [5, 5.41) is 10.8. The average molecular weight is 340 g/mol. The maximum absolute atomic E-state index is 13.8. The van der Waals surface area contributed by atoms with Gasteiger partial charge < -0.3 is 5.32 Å². The first-order valence-electron chi connectivity index (χ1n) is 7.88. The Labute approximate surface area is 143 Å². The third-order valence-electron chi connectivity index (χ3n) is 3.89. The maximum atomic E-state index is 13.8. The molecule has 3 aromatic rings. The van der Waals surface area contributed by atoms with E-state index in [-0.39, 0.29) is 11.6 Å². The van der Waals surface area contributed by atoms with Gasteiger partial charge in [-0.3, -0.25) is 9.59 Å². The smallest absolute Gasteiger partial charge is 0.278 e. The number of nitrogens with one attached hydrogen (secondary N) is 1. The van der Waals surface area contributed by atoms with Crippen LogP contribution in [0.4, 0.5) is 10.1 Å². The second kappa shape index (κ2) is 6.80. The van der Waals surface area contributed by atoms with Crippen molar-refractivity contribution in [2.45, 2.75) is 19.9 Å². The average Bonchev–Trinajstić information content (AvgIpc) is 2.59. The van der Waals surface area contributed by atoms with Crippen molar-refractivity contribution in [3.05, 3.63) is 64.7 Å². The van der Waals surface area contributed by atoms with Crippen LogP contribution in [-0.2, 0) is 4.79 Å². The summed E-state index contributed by atoms with van der Waals surface area (Å²) in [4.78, 5) is 25.4. The highest BCUT2D eigenvalue weighted by Gasteiger charge is 2.28. The van der Waals surface area contributed by atoms with Crippen molar-refractivity contribution in [1.82, 2.24) is 15.0 Å². The fourth-order valence-electron chi connectivity index (χ4n) is 2.65. The number of amides is 1. The van der Waals surface area contributed by atoms with Gasteiger partial charge in [0.15, 0.2) is 0 Å². The van der Waals surface area contributed by atoms with E-state index in [1.54, 1.807) is 44.2 Å². The minimum absolute atomic E-state index is 0.0555. The van der Waals surface area contributed by atoms with Crippen LogP contribution >= 0.6 is 0 Å². The summed E-state index contributed by atoms with van der Waals surface area (Å²) >= 11 is 0. The summed E-state index contributed by atoms with van der Waals surface area (Å²) < 4.78 is 14.9. The highest BCUT2D eigenvalue weighted by molar-refractivity contribution is 5.94. The summed E-state index contributed by atoms with van der Waals surface area (Å²) in [5.74, 6) is -1.32. The van der Waals surface area contributed by atoms with Crippen molar-refractivity contribution in [2.24, 2.45) is 5.92 Å². The van der Waals surface area contributed by atoms with Crippen LogP contribution in [0.5, 0.6) is 0 Å². The van der Waals surface area contributed by atoms with Crippen molar-refractivity contribution < 1.29 is 9.18 Å². The summed E-state index contributed by atoms with van der Waals surface area (Å²) in [6.07, 6.45) is 0. The van der Waals surface area contributed by atoms with Crippen LogP contribution in [0.15, 0.2) is 53.3 Å². The third kappa shape index (κ3) is 3.26. The van der Waals surface area contributed by atoms with E-state index >= 15 is 0 Å². The third-order valence-corrected chi connectivity index (χ3v) is 3.89. The molecular weight excluding hydrogens is 323 g/mol. The molecule has 1 atom stereocenters. The zero-order valence-electron chi connectivity index (χ0n) is 13.8. The van der Waals surface area contributed by atoms with E-state index in [0.717, 1.165) is 4.68 Å². The van der Waals surface area contributed by atoms with E-state index in [0.29, 0.717) is 10.9 Å². The molecule has 25 heavy (non-hydrogen) atoms. The van der Waals surface area contributed by atoms with Gasteiger partial charge in [-0.05, 0) is 30.2 Å². The lowest BCUT2D eigenvalue weighted by molar-refractivity contribution is -0.120. The van der Waals surface area contributed by atoms with Gasteiger partial charge in [-0.1, -0.05) is 43.3 Å². The Morgan fingerprint density at radius 1 is 1.12 bits per heavy atom. The molecule has 7 heteroatoms. The van der Waals surface area contributed by atoms with Crippen LogP contribution in [0.2, 0.25) is 0 Å². The summed E-state index contributed by atoms with van der Waals surface area (Å²) in [7, 11) is 0. The molecule has 0 aliphatic rings. The van der Waals surface area contributed by atoms with E-state index in [9.17, 15) is 14.0 Å². The van der Waals surface area contributed by atoms with Crippen molar-refractivity contribution >= 4 is 22.5 Å². The molecule has 1 aromatic heterocycles. The molecule has 0 radical (unpaired) electrons. The van der Waals surface area contributed by atoms with Gasteiger partial charge in [0.25, 0.3) is 5.56 Å². The summed E-state index contributed by atoms with van der Waals surface area (Å²) in [6, 6.07) is 11.7. The lowest BCUT2D eigenvalue weighted by Gasteiger charge is -2.21. The molecule has 6 nitrogen and oxygen atoms in total. The predicted octanol–water partition coefficient (Wildman–Crippen LogP) is 2.77. The first kappa shape index (κ1) is 16.8. The molecule has 0 fully saturated rings. The van der Waals surface area contributed by atoms with Crippen LogP contribution < -0.4 is 10.9 Å². The van der Waals surface area contributed by atoms with E-state index in [1.807, 2.05) is 0 Å². The zero-order chi connectivity index (χ0) is 18.0.